The van der Waals surface area contributed by atoms with Crippen molar-refractivity contribution in [2.24, 2.45) is 0 Å². The molecule has 26 heavy (non-hydrogen) atoms. The average molecular weight is 353 g/mol. The largest absolute Gasteiger partial charge is 0.478 e. The molecular formula is C20H23N3O3. The Bertz CT molecular complexity index is 848. The summed E-state index contributed by atoms with van der Waals surface area (Å²) in [5, 5.41) is 9.39. The SMILES string of the molecule is Cc1nc(C(C)C)ncc1C(=O)N1CCC(c2ccccc2C(=O)O)C1. The third-order valence-corrected chi connectivity index (χ3v) is 4.85. The van der Waals surface area contributed by atoms with Gasteiger partial charge in [0.15, 0.2) is 0 Å². The minimum absolute atomic E-state index is 0.0300. The lowest BCUT2D eigenvalue weighted by Crippen LogP contribution is -2.29. The molecule has 1 amide bonds. The van der Waals surface area contributed by atoms with Gasteiger partial charge in [-0.15, -0.1) is 0 Å². The van der Waals surface area contributed by atoms with Gasteiger partial charge in [-0.2, -0.15) is 0 Å². The highest BCUT2D eigenvalue weighted by Crippen LogP contribution is 2.30. The molecule has 1 unspecified atom stereocenters. The van der Waals surface area contributed by atoms with Crippen molar-refractivity contribution < 1.29 is 14.7 Å². The molecule has 0 aliphatic carbocycles. The van der Waals surface area contributed by atoms with Gasteiger partial charge in [-0.1, -0.05) is 32.0 Å². The van der Waals surface area contributed by atoms with E-state index in [2.05, 4.69) is 9.97 Å². The van der Waals surface area contributed by atoms with Crippen molar-refractivity contribution in [2.45, 2.75) is 39.0 Å². The second kappa shape index (κ2) is 7.23. The van der Waals surface area contributed by atoms with Gasteiger partial charge in [-0.05, 0) is 25.0 Å². The Labute approximate surface area is 152 Å². The zero-order chi connectivity index (χ0) is 18.8. The van der Waals surface area contributed by atoms with Crippen LogP contribution in [0.3, 0.4) is 0 Å². The summed E-state index contributed by atoms with van der Waals surface area (Å²) in [5.41, 5.74) is 2.30. The van der Waals surface area contributed by atoms with Crippen molar-refractivity contribution in [3.8, 4) is 0 Å². The van der Waals surface area contributed by atoms with Crippen LogP contribution in [0.15, 0.2) is 30.5 Å². The lowest BCUT2D eigenvalue weighted by molar-refractivity contribution is 0.0695. The molecule has 3 rings (SSSR count). The zero-order valence-corrected chi connectivity index (χ0v) is 15.3. The summed E-state index contributed by atoms with van der Waals surface area (Å²) in [4.78, 5) is 34.8. The van der Waals surface area contributed by atoms with E-state index in [4.69, 9.17) is 0 Å². The number of benzene rings is 1. The van der Waals surface area contributed by atoms with Gasteiger partial charge >= 0.3 is 5.97 Å². The molecule has 136 valence electrons. The minimum atomic E-state index is -0.932. The minimum Gasteiger partial charge on any atom is -0.478 e. The highest BCUT2D eigenvalue weighted by atomic mass is 16.4. The van der Waals surface area contributed by atoms with Crippen LogP contribution in [0.4, 0.5) is 0 Å². The number of aryl methyl sites for hydroxylation is 1. The Morgan fingerprint density at radius 3 is 2.62 bits per heavy atom. The monoisotopic (exact) mass is 353 g/mol. The summed E-state index contributed by atoms with van der Waals surface area (Å²) >= 11 is 0. The number of carboxylic acid groups (broad SMARTS) is 1. The fraction of sp³-hybridized carbons (Fsp3) is 0.400. The fourth-order valence-electron chi connectivity index (χ4n) is 3.39. The highest BCUT2D eigenvalue weighted by Gasteiger charge is 2.31. The van der Waals surface area contributed by atoms with Gasteiger partial charge in [0.25, 0.3) is 5.91 Å². The number of hydrogen-bond donors (Lipinski definition) is 1. The van der Waals surface area contributed by atoms with Crippen LogP contribution in [0.1, 0.15) is 69.9 Å². The van der Waals surface area contributed by atoms with Gasteiger partial charge in [0, 0.05) is 31.1 Å². The normalized spacial score (nSPS) is 16.9. The van der Waals surface area contributed by atoms with Crippen LogP contribution in [-0.2, 0) is 0 Å². The first-order valence-electron chi connectivity index (χ1n) is 8.83. The first kappa shape index (κ1) is 18.0. The standard InChI is InChI=1S/C20H23N3O3/c1-12(2)18-21-10-17(13(3)22-18)19(24)23-9-8-14(11-23)15-6-4-5-7-16(15)20(25)26/h4-7,10,12,14H,8-9,11H2,1-3H3,(H,25,26). The summed E-state index contributed by atoms with van der Waals surface area (Å²) in [6.45, 7) is 6.97. The van der Waals surface area contributed by atoms with Crippen molar-refractivity contribution in [2.75, 3.05) is 13.1 Å². The average Bonchev–Trinajstić information content (AvgIpc) is 3.11. The number of nitrogens with zero attached hydrogens (tertiary/aromatic N) is 3. The molecule has 2 aromatic rings. The van der Waals surface area contributed by atoms with E-state index in [9.17, 15) is 14.7 Å². The first-order valence-corrected chi connectivity index (χ1v) is 8.83. The van der Waals surface area contributed by atoms with Crippen molar-refractivity contribution in [1.82, 2.24) is 14.9 Å². The number of carbonyl (C=O) groups excluding carboxylic acids is 1. The Morgan fingerprint density at radius 2 is 1.96 bits per heavy atom. The smallest absolute Gasteiger partial charge is 0.335 e. The maximum atomic E-state index is 12.9. The number of amides is 1. The predicted octanol–water partition coefficient (Wildman–Crippen LogP) is 3.24. The molecular weight excluding hydrogens is 330 g/mol. The third kappa shape index (κ3) is 3.45. The molecule has 0 radical (unpaired) electrons. The maximum Gasteiger partial charge on any atom is 0.335 e. The summed E-state index contributed by atoms with van der Waals surface area (Å²) in [6, 6.07) is 7.02. The van der Waals surface area contributed by atoms with E-state index >= 15 is 0 Å². The van der Waals surface area contributed by atoms with E-state index in [1.165, 1.54) is 0 Å². The van der Waals surface area contributed by atoms with Crippen LogP contribution in [-0.4, -0.2) is 44.9 Å². The second-order valence-electron chi connectivity index (χ2n) is 7.01. The van der Waals surface area contributed by atoms with Crippen molar-refractivity contribution in [3.05, 3.63) is 58.7 Å². The Morgan fingerprint density at radius 1 is 1.23 bits per heavy atom. The molecule has 1 aliphatic heterocycles. The Hall–Kier alpha value is -2.76. The van der Waals surface area contributed by atoms with Crippen LogP contribution in [0.25, 0.3) is 0 Å². The molecule has 1 aliphatic rings. The number of likely N-dealkylation sites (tertiary alicyclic amines) is 1. The lowest BCUT2D eigenvalue weighted by Gasteiger charge is -2.18. The summed E-state index contributed by atoms with van der Waals surface area (Å²) in [5.74, 6) is -0.0512. The van der Waals surface area contributed by atoms with Crippen LogP contribution in [0, 0.1) is 6.92 Å². The molecule has 1 saturated heterocycles. The topological polar surface area (TPSA) is 83.4 Å². The van der Waals surface area contributed by atoms with Gasteiger partial charge in [0.05, 0.1) is 16.8 Å². The van der Waals surface area contributed by atoms with E-state index in [1.807, 2.05) is 32.9 Å². The summed E-state index contributed by atoms with van der Waals surface area (Å²) in [6.07, 6.45) is 2.36. The van der Waals surface area contributed by atoms with Crippen LogP contribution in [0.2, 0.25) is 0 Å². The molecule has 1 aromatic carbocycles. The highest BCUT2D eigenvalue weighted by molar-refractivity contribution is 5.95. The molecule has 2 heterocycles. The first-order chi connectivity index (χ1) is 12.4. The quantitative estimate of drug-likeness (QED) is 0.912. The summed E-state index contributed by atoms with van der Waals surface area (Å²) in [7, 11) is 0. The summed E-state index contributed by atoms with van der Waals surface area (Å²) < 4.78 is 0. The fourth-order valence-corrected chi connectivity index (χ4v) is 3.39. The Balaban J connectivity index is 1.79. The van der Waals surface area contributed by atoms with Crippen LogP contribution >= 0.6 is 0 Å². The maximum absolute atomic E-state index is 12.9. The van der Waals surface area contributed by atoms with Crippen molar-refractivity contribution >= 4 is 11.9 Å². The van der Waals surface area contributed by atoms with E-state index in [1.54, 1.807) is 23.2 Å². The van der Waals surface area contributed by atoms with Crippen LogP contribution < -0.4 is 0 Å². The molecule has 0 bridgehead atoms. The zero-order valence-electron chi connectivity index (χ0n) is 15.3. The molecule has 1 aromatic heterocycles. The number of rotatable bonds is 4. The van der Waals surface area contributed by atoms with Crippen molar-refractivity contribution in [3.63, 3.8) is 0 Å². The number of hydrogen-bond acceptors (Lipinski definition) is 4. The van der Waals surface area contributed by atoms with Gasteiger partial charge in [0.2, 0.25) is 0 Å². The third-order valence-electron chi connectivity index (χ3n) is 4.85. The molecule has 1 fully saturated rings. The van der Waals surface area contributed by atoms with Gasteiger partial charge in [-0.3, -0.25) is 4.79 Å². The molecule has 6 nitrogen and oxygen atoms in total. The van der Waals surface area contributed by atoms with E-state index < -0.39 is 5.97 Å². The number of aromatic nitrogens is 2. The van der Waals surface area contributed by atoms with E-state index in [0.717, 1.165) is 17.8 Å². The molecule has 0 spiro atoms. The molecule has 1 N–H and O–H groups in total. The van der Waals surface area contributed by atoms with Gasteiger partial charge in [0.1, 0.15) is 5.82 Å². The van der Waals surface area contributed by atoms with Gasteiger partial charge < -0.3 is 10.0 Å². The Kier molecular flexibility index (Phi) is 5.02. The number of carboxylic acids is 1. The van der Waals surface area contributed by atoms with Gasteiger partial charge in [-0.25, -0.2) is 14.8 Å². The predicted molar refractivity (Wildman–Crippen MR) is 97.5 cm³/mol. The second-order valence-corrected chi connectivity index (χ2v) is 7.01. The molecule has 0 saturated carbocycles. The number of aromatic carboxylic acids is 1. The molecule has 6 heteroatoms. The lowest BCUT2D eigenvalue weighted by atomic mass is 9.93. The molecule has 1 atom stereocenters. The van der Waals surface area contributed by atoms with E-state index in [0.29, 0.717) is 29.9 Å². The van der Waals surface area contributed by atoms with Crippen LogP contribution in [0.5, 0.6) is 0 Å². The van der Waals surface area contributed by atoms with E-state index in [-0.39, 0.29) is 17.7 Å². The number of carbonyl (C=O) groups is 2. The van der Waals surface area contributed by atoms with Crippen molar-refractivity contribution in [1.29, 1.82) is 0 Å².